The van der Waals surface area contributed by atoms with Crippen LogP contribution in [0, 0.1) is 30.6 Å². The van der Waals surface area contributed by atoms with Crippen molar-refractivity contribution in [1.29, 1.82) is 0 Å². The fraction of sp³-hybridized carbons (Fsp3) is 0.400. The highest BCUT2D eigenvalue weighted by Crippen LogP contribution is 2.42. The van der Waals surface area contributed by atoms with Crippen molar-refractivity contribution in [3.63, 3.8) is 0 Å². The Hall–Kier alpha value is -2.74. The Kier molecular flexibility index (Phi) is 7.19. The number of hydrogen-bond donors (Lipinski definition) is 0. The minimum Gasteiger partial charge on any atom is -0.493 e. The molecule has 4 rings (SSSR count). The Balaban J connectivity index is 1.50. The summed E-state index contributed by atoms with van der Waals surface area (Å²) in [7, 11) is 0. The van der Waals surface area contributed by atoms with E-state index < -0.39 is 0 Å². The van der Waals surface area contributed by atoms with Gasteiger partial charge in [-0.1, -0.05) is 57.5 Å². The van der Waals surface area contributed by atoms with Crippen molar-refractivity contribution in [3.05, 3.63) is 84.4 Å². The van der Waals surface area contributed by atoms with E-state index in [0.717, 1.165) is 41.5 Å². The highest BCUT2D eigenvalue weighted by Gasteiger charge is 2.34. The summed E-state index contributed by atoms with van der Waals surface area (Å²) in [4.78, 5) is 2.30. The van der Waals surface area contributed by atoms with Crippen molar-refractivity contribution in [2.75, 3.05) is 11.5 Å². The maximum absolute atomic E-state index is 6.30. The van der Waals surface area contributed by atoms with Gasteiger partial charge >= 0.3 is 0 Å². The first-order chi connectivity index (χ1) is 15.5. The third-order valence-corrected chi connectivity index (χ3v) is 7.18. The number of para-hydroxylation sites is 1. The summed E-state index contributed by atoms with van der Waals surface area (Å²) in [5.41, 5.74) is 4.72. The molecule has 2 heteroatoms. The molecule has 0 bridgehead atoms. The molecule has 3 atom stereocenters. The van der Waals surface area contributed by atoms with E-state index in [2.05, 4.69) is 111 Å². The van der Waals surface area contributed by atoms with Crippen molar-refractivity contribution in [1.82, 2.24) is 0 Å². The maximum atomic E-state index is 6.30. The molecule has 2 nitrogen and oxygen atoms in total. The minimum absolute atomic E-state index is 0.681. The lowest BCUT2D eigenvalue weighted by atomic mass is 9.93. The molecule has 0 heterocycles. The zero-order chi connectivity index (χ0) is 22.5. The maximum Gasteiger partial charge on any atom is 0.119 e. The molecule has 1 fully saturated rings. The number of ether oxygens (including phenoxy) is 1. The molecule has 0 aliphatic heterocycles. The monoisotopic (exact) mass is 427 g/mol. The molecule has 3 aromatic rings. The van der Waals surface area contributed by atoms with E-state index in [1.165, 1.54) is 30.5 Å². The molecule has 1 aliphatic carbocycles. The van der Waals surface area contributed by atoms with Gasteiger partial charge in [0.25, 0.3) is 0 Å². The van der Waals surface area contributed by atoms with E-state index in [0.29, 0.717) is 5.92 Å². The summed E-state index contributed by atoms with van der Waals surface area (Å²) in [5, 5.41) is 0. The third kappa shape index (κ3) is 5.18. The van der Waals surface area contributed by atoms with Crippen molar-refractivity contribution in [2.24, 2.45) is 23.7 Å². The van der Waals surface area contributed by atoms with Gasteiger partial charge in [-0.3, -0.25) is 0 Å². The van der Waals surface area contributed by atoms with Crippen LogP contribution in [0.15, 0.2) is 78.9 Å². The van der Waals surface area contributed by atoms with E-state index >= 15 is 0 Å². The average Bonchev–Trinajstić information content (AvgIpc) is 3.23. The second-order valence-electron chi connectivity index (χ2n) is 9.72. The van der Waals surface area contributed by atoms with Crippen LogP contribution in [0.25, 0.3) is 0 Å². The number of rotatable bonds is 8. The molecule has 1 aliphatic rings. The Labute approximate surface area is 194 Å². The molecule has 32 heavy (non-hydrogen) atoms. The van der Waals surface area contributed by atoms with Crippen molar-refractivity contribution in [2.45, 2.75) is 47.0 Å². The van der Waals surface area contributed by atoms with Gasteiger partial charge in [0, 0.05) is 17.1 Å². The van der Waals surface area contributed by atoms with Gasteiger partial charge in [0.1, 0.15) is 5.75 Å². The van der Waals surface area contributed by atoms with Gasteiger partial charge in [0.15, 0.2) is 0 Å². The van der Waals surface area contributed by atoms with Gasteiger partial charge in [-0.05, 0) is 97.5 Å². The van der Waals surface area contributed by atoms with Gasteiger partial charge in [0.2, 0.25) is 0 Å². The second kappa shape index (κ2) is 10.3. The largest absolute Gasteiger partial charge is 0.493 e. The van der Waals surface area contributed by atoms with Gasteiger partial charge < -0.3 is 9.64 Å². The molecular formula is C30H37NO. The zero-order valence-electron chi connectivity index (χ0n) is 20.0. The molecule has 0 N–H and O–H groups in total. The number of nitrogens with zero attached hydrogens (tertiary/aromatic N) is 1. The second-order valence-corrected chi connectivity index (χ2v) is 9.72. The summed E-state index contributed by atoms with van der Waals surface area (Å²) in [6.07, 6.45) is 3.94. The summed E-state index contributed by atoms with van der Waals surface area (Å²) in [6.45, 7) is 10.0. The highest BCUT2D eigenvalue weighted by atomic mass is 16.5. The molecule has 3 aromatic carbocycles. The zero-order valence-corrected chi connectivity index (χ0v) is 20.0. The number of anilines is 3. The summed E-state index contributed by atoms with van der Waals surface area (Å²) in [5.74, 6) is 4.08. The van der Waals surface area contributed by atoms with Crippen LogP contribution in [0.3, 0.4) is 0 Å². The van der Waals surface area contributed by atoms with E-state index in [1.54, 1.807) is 0 Å². The van der Waals surface area contributed by atoms with Gasteiger partial charge in [-0.15, -0.1) is 0 Å². The molecule has 1 saturated carbocycles. The predicted molar refractivity (Wildman–Crippen MR) is 136 cm³/mol. The number of hydrogen-bond acceptors (Lipinski definition) is 2. The van der Waals surface area contributed by atoms with E-state index in [1.807, 2.05) is 0 Å². The highest BCUT2D eigenvalue weighted by molar-refractivity contribution is 5.76. The molecule has 168 valence electrons. The summed E-state index contributed by atoms with van der Waals surface area (Å²) < 4.78 is 6.30. The molecule has 0 aromatic heterocycles. The van der Waals surface area contributed by atoms with Crippen LogP contribution in [0.4, 0.5) is 17.1 Å². The molecule has 3 unspecified atom stereocenters. The minimum atomic E-state index is 0.681. The van der Waals surface area contributed by atoms with Crippen LogP contribution in [-0.2, 0) is 0 Å². The van der Waals surface area contributed by atoms with Gasteiger partial charge in [0.05, 0.1) is 6.61 Å². The molecule has 0 amide bonds. The number of benzene rings is 3. The Bertz CT molecular complexity index is 979. The first-order valence-corrected chi connectivity index (χ1v) is 12.2. The SMILES string of the molecule is CCC1CC(C(C)C)CC1COc1ccc(N(c2ccccc2)c2cccc(C)c2)cc1. The first kappa shape index (κ1) is 22.5. The smallest absolute Gasteiger partial charge is 0.119 e. The predicted octanol–water partition coefficient (Wildman–Crippen LogP) is 8.55. The van der Waals surface area contributed by atoms with E-state index in [4.69, 9.17) is 4.74 Å². The van der Waals surface area contributed by atoms with Crippen LogP contribution in [0.1, 0.15) is 45.6 Å². The van der Waals surface area contributed by atoms with E-state index in [-0.39, 0.29) is 0 Å². The Morgan fingerprint density at radius 3 is 2.12 bits per heavy atom. The fourth-order valence-corrected chi connectivity index (χ4v) is 5.19. The molecule has 0 radical (unpaired) electrons. The normalized spacial score (nSPS) is 20.5. The van der Waals surface area contributed by atoms with Gasteiger partial charge in [-0.25, -0.2) is 0 Å². The summed E-state index contributed by atoms with van der Waals surface area (Å²) in [6, 6.07) is 27.8. The van der Waals surface area contributed by atoms with Crippen LogP contribution >= 0.6 is 0 Å². The van der Waals surface area contributed by atoms with Crippen molar-refractivity contribution in [3.8, 4) is 5.75 Å². The standard InChI is InChI=1S/C30H37NO/c1-5-24-19-25(22(2)3)20-26(24)21-32-30-16-14-28(15-17-30)31(27-11-7-6-8-12-27)29-13-9-10-23(4)18-29/h6-18,22,24-26H,5,19-21H2,1-4H3. The average molecular weight is 428 g/mol. The molecular weight excluding hydrogens is 390 g/mol. The van der Waals surface area contributed by atoms with Crippen molar-refractivity contribution < 1.29 is 4.74 Å². The molecule has 0 spiro atoms. The van der Waals surface area contributed by atoms with Crippen LogP contribution in [0.5, 0.6) is 5.75 Å². The number of aryl methyl sites for hydroxylation is 1. The topological polar surface area (TPSA) is 12.5 Å². The third-order valence-electron chi connectivity index (χ3n) is 7.18. The first-order valence-electron chi connectivity index (χ1n) is 12.2. The van der Waals surface area contributed by atoms with Crippen LogP contribution in [-0.4, -0.2) is 6.61 Å². The lowest BCUT2D eigenvalue weighted by molar-refractivity contribution is 0.209. The lowest BCUT2D eigenvalue weighted by Gasteiger charge is -2.26. The van der Waals surface area contributed by atoms with Crippen molar-refractivity contribution >= 4 is 17.1 Å². The Morgan fingerprint density at radius 2 is 1.47 bits per heavy atom. The molecule has 0 saturated heterocycles. The van der Waals surface area contributed by atoms with Crippen LogP contribution < -0.4 is 9.64 Å². The van der Waals surface area contributed by atoms with Gasteiger partial charge in [-0.2, -0.15) is 0 Å². The quantitative estimate of drug-likeness (QED) is 0.357. The summed E-state index contributed by atoms with van der Waals surface area (Å²) >= 11 is 0. The Morgan fingerprint density at radius 1 is 0.812 bits per heavy atom. The van der Waals surface area contributed by atoms with Crippen LogP contribution in [0.2, 0.25) is 0 Å². The lowest BCUT2D eigenvalue weighted by Crippen LogP contribution is -2.16. The fourth-order valence-electron chi connectivity index (χ4n) is 5.19. The van der Waals surface area contributed by atoms with E-state index in [9.17, 15) is 0 Å².